The first kappa shape index (κ1) is 11.7. The van der Waals surface area contributed by atoms with Gasteiger partial charge in [0.05, 0.1) is 0 Å². The zero-order valence-corrected chi connectivity index (χ0v) is 10.7. The molecule has 1 fully saturated rings. The normalized spacial score (nSPS) is 21.1. The molecule has 1 N–H and O–H groups in total. The van der Waals surface area contributed by atoms with Crippen molar-refractivity contribution in [1.82, 2.24) is 15.2 Å². The van der Waals surface area contributed by atoms with E-state index in [1.807, 2.05) is 17.2 Å². The quantitative estimate of drug-likeness (QED) is 0.839. The lowest BCUT2D eigenvalue weighted by Crippen LogP contribution is -2.51. The Balaban J connectivity index is 1.69. The van der Waals surface area contributed by atoms with Gasteiger partial charge >= 0.3 is 0 Å². The van der Waals surface area contributed by atoms with Gasteiger partial charge in [-0.25, -0.2) is 0 Å². The average molecular weight is 245 g/mol. The minimum atomic E-state index is 0.143. The molecule has 1 atom stereocenters. The van der Waals surface area contributed by atoms with E-state index in [1.54, 1.807) is 0 Å². The monoisotopic (exact) mass is 245 g/mol. The molecule has 4 heteroatoms. The smallest absolute Gasteiger partial charge is 0.226 e. The first-order chi connectivity index (χ1) is 8.75. The highest BCUT2D eigenvalue weighted by Gasteiger charge is 2.32. The summed E-state index contributed by atoms with van der Waals surface area (Å²) in [4.78, 5) is 18.8. The second-order valence-electron chi connectivity index (χ2n) is 5.33. The van der Waals surface area contributed by atoms with Crippen molar-refractivity contribution in [2.45, 2.75) is 19.9 Å². The van der Waals surface area contributed by atoms with Crippen molar-refractivity contribution in [1.29, 1.82) is 0 Å². The SMILES string of the molecule is CC(C(=O)N1CCc2ncccc2C1)C1CNC1. The lowest BCUT2D eigenvalue weighted by atomic mass is 9.87. The van der Waals surface area contributed by atoms with Gasteiger partial charge in [0.25, 0.3) is 0 Å². The highest BCUT2D eigenvalue weighted by atomic mass is 16.2. The lowest BCUT2D eigenvalue weighted by molar-refractivity contribution is -0.138. The number of carbonyl (C=O) groups is 1. The number of hydrogen-bond donors (Lipinski definition) is 1. The number of fused-ring (bicyclic) bond motifs is 1. The average Bonchev–Trinajstić information content (AvgIpc) is 2.35. The summed E-state index contributed by atoms with van der Waals surface area (Å²) in [6, 6.07) is 4.03. The van der Waals surface area contributed by atoms with Crippen LogP contribution in [0.1, 0.15) is 18.2 Å². The van der Waals surface area contributed by atoms with E-state index < -0.39 is 0 Å². The van der Waals surface area contributed by atoms with Crippen LogP contribution in [0.3, 0.4) is 0 Å². The Morgan fingerprint density at radius 3 is 3.11 bits per heavy atom. The van der Waals surface area contributed by atoms with Gasteiger partial charge < -0.3 is 10.2 Å². The maximum atomic E-state index is 12.4. The number of rotatable bonds is 2. The van der Waals surface area contributed by atoms with E-state index in [9.17, 15) is 4.79 Å². The van der Waals surface area contributed by atoms with Gasteiger partial charge in [0, 0.05) is 37.3 Å². The maximum Gasteiger partial charge on any atom is 0.226 e. The number of pyridine rings is 1. The molecule has 3 rings (SSSR count). The number of aromatic nitrogens is 1. The Hall–Kier alpha value is -1.42. The first-order valence-electron chi connectivity index (χ1n) is 6.68. The summed E-state index contributed by atoms with van der Waals surface area (Å²) in [5.74, 6) is 0.966. The summed E-state index contributed by atoms with van der Waals surface area (Å²) in [6.45, 7) is 5.57. The number of hydrogen-bond acceptors (Lipinski definition) is 3. The third-order valence-electron chi connectivity index (χ3n) is 4.19. The Bertz CT molecular complexity index is 456. The summed E-state index contributed by atoms with van der Waals surface area (Å²) >= 11 is 0. The molecule has 18 heavy (non-hydrogen) atoms. The van der Waals surface area contributed by atoms with Gasteiger partial charge in [-0.05, 0) is 30.6 Å². The molecular weight excluding hydrogens is 226 g/mol. The van der Waals surface area contributed by atoms with Gasteiger partial charge in [0.2, 0.25) is 5.91 Å². The van der Waals surface area contributed by atoms with Crippen LogP contribution in [0.25, 0.3) is 0 Å². The van der Waals surface area contributed by atoms with Crippen molar-refractivity contribution in [3.63, 3.8) is 0 Å². The van der Waals surface area contributed by atoms with Gasteiger partial charge in [0.15, 0.2) is 0 Å². The molecule has 0 radical (unpaired) electrons. The summed E-state index contributed by atoms with van der Waals surface area (Å²) in [6.07, 6.45) is 2.72. The second kappa shape index (κ2) is 4.69. The van der Waals surface area contributed by atoms with Gasteiger partial charge in [-0.2, -0.15) is 0 Å². The zero-order chi connectivity index (χ0) is 12.5. The van der Waals surface area contributed by atoms with Gasteiger partial charge in [-0.3, -0.25) is 9.78 Å². The van der Waals surface area contributed by atoms with Crippen molar-refractivity contribution < 1.29 is 4.79 Å². The fraction of sp³-hybridized carbons (Fsp3) is 0.571. The number of nitrogens with zero attached hydrogens (tertiary/aromatic N) is 2. The van der Waals surface area contributed by atoms with Crippen LogP contribution in [-0.4, -0.2) is 35.4 Å². The van der Waals surface area contributed by atoms with Crippen LogP contribution in [0.5, 0.6) is 0 Å². The highest BCUT2D eigenvalue weighted by molar-refractivity contribution is 5.79. The van der Waals surface area contributed by atoms with Crippen molar-refractivity contribution >= 4 is 5.91 Å². The van der Waals surface area contributed by atoms with Crippen molar-refractivity contribution in [2.24, 2.45) is 11.8 Å². The number of amides is 1. The van der Waals surface area contributed by atoms with Crippen molar-refractivity contribution in [3.8, 4) is 0 Å². The summed E-state index contributed by atoms with van der Waals surface area (Å²) in [7, 11) is 0. The van der Waals surface area contributed by atoms with E-state index in [0.717, 1.165) is 38.3 Å². The molecule has 1 aromatic rings. The van der Waals surface area contributed by atoms with Crippen LogP contribution >= 0.6 is 0 Å². The minimum absolute atomic E-state index is 0.143. The van der Waals surface area contributed by atoms with Crippen LogP contribution in [0, 0.1) is 11.8 Å². The molecule has 1 amide bonds. The molecule has 1 aromatic heterocycles. The molecular formula is C14H19N3O. The van der Waals surface area contributed by atoms with E-state index in [0.29, 0.717) is 11.8 Å². The predicted octanol–water partition coefficient (Wildman–Crippen LogP) is 0.822. The van der Waals surface area contributed by atoms with Crippen molar-refractivity contribution in [3.05, 3.63) is 29.6 Å². The molecule has 1 unspecified atom stereocenters. The molecule has 0 bridgehead atoms. The molecule has 3 heterocycles. The number of nitrogens with one attached hydrogen (secondary N) is 1. The zero-order valence-electron chi connectivity index (χ0n) is 10.7. The van der Waals surface area contributed by atoms with Crippen LogP contribution in [-0.2, 0) is 17.8 Å². The summed E-state index contributed by atoms with van der Waals surface area (Å²) < 4.78 is 0. The van der Waals surface area contributed by atoms with Crippen LogP contribution in [0.15, 0.2) is 18.3 Å². The van der Waals surface area contributed by atoms with Crippen LogP contribution in [0.4, 0.5) is 0 Å². The topological polar surface area (TPSA) is 45.2 Å². The molecule has 0 saturated carbocycles. The second-order valence-corrected chi connectivity index (χ2v) is 5.33. The Morgan fingerprint density at radius 1 is 1.56 bits per heavy atom. The molecule has 1 saturated heterocycles. The molecule has 0 aliphatic carbocycles. The van der Waals surface area contributed by atoms with Gasteiger partial charge in [0.1, 0.15) is 0 Å². The fourth-order valence-electron chi connectivity index (χ4n) is 2.71. The molecule has 0 aromatic carbocycles. The Kier molecular flexibility index (Phi) is 3.04. The third kappa shape index (κ3) is 2.01. The molecule has 0 spiro atoms. The Morgan fingerprint density at radius 2 is 2.39 bits per heavy atom. The lowest BCUT2D eigenvalue weighted by Gasteiger charge is -2.36. The van der Waals surface area contributed by atoms with Gasteiger partial charge in [-0.1, -0.05) is 13.0 Å². The van der Waals surface area contributed by atoms with Crippen molar-refractivity contribution in [2.75, 3.05) is 19.6 Å². The van der Waals surface area contributed by atoms with Crippen LogP contribution < -0.4 is 5.32 Å². The molecule has 2 aliphatic rings. The summed E-state index contributed by atoms with van der Waals surface area (Å²) in [5, 5.41) is 3.23. The standard InChI is InChI=1S/C14H19N3O/c1-10(12-7-15-8-12)14(18)17-6-4-13-11(9-17)3-2-5-16-13/h2-3,5,10,12,15H,4,6-9H2,1H3. The molecule has 4 nitrogen and oxygen atoms in total. The van der Waals surface area contributed by atoms with E-state index in [-0.39, 0.29) is 5.92 Å². The van der Waals surface area contributed by atoms with E-state index in [2.05, 4.69) is 23.3 Å². The number of carbonyl (C=O) groups excluding carboxylic acids is 1. The van der Waals surface area contributed by atoms with Crippen LogP contribution in [0.2, 0.25) is 0 Å². The predicted molar refractivity (Wildman–Crippen MR) is 68.9 cm³/mol. The van der Waals surface area contributed by atoms with E-state index in [4.69, 9.17) is 0 Å². The maximum absolute atomic E-state index is 12.4. The molecule has 2 aliphatic heterocycles. The minimum Gasteiger partial charge on any atom is -0.338 e. The Labute approximate surface area is 107 Å². The first-order valence-corrected chi connectivity index (χ1v) is 6.68. The van der Waals surface area contributed by atoms with E-state index >= 15 is 0 Å². The fourth-order valence-corrected chi connectivity index (χ4v) is 2.71. The molecule has 96 valence electrons. The third-order valence-corrected chi connectivity index (χ3v) is 4.19. The van der Waals surface area contributed by atoms with E-state index in [1.165, 1.54) is 5.56 Å². The largest absolute Gasteiger partial charge is 0.338 e. The van der Waals surface area contributed by atoms with Gasteiger partial charge in [-0.15, -0.1) is 0 Å². The summed E-state index contributed by atoms with van der Waals surface area (Å²) in [5.41, 5.74) is 2.36. The highest BCUT2D eigenvalue weighted by Crippen LogP contribution is 2.22.